The molecular formula is C15H25NO2. The van der Waals surface area contributed by atoms with E-state index < -0.39 is 0 Å². The number of hydrogen-bond donors (Lipinski definition) is 1. The van der Waals surface area contributed by atoms with Crippen LogP contribution < -0.4 is 14.8 Å². The zero-order chi connectivity index (χ0) is 13.4. The predicted octanol–water partition coefficient (Wildman–Crippen LogP) is 3.23. The molecule has 1 unspecified atom stereocenters. The van der Waals surface area contributed by atoms with Crippen molar-refractivity contribution in [1.82, 2.24) is 5.32 Å². The molecule has 0 heterocycles. The highest BCUT2D eigenvalue weighted by atomic mass is 16.5. The normalized spacial score (nSPS) is 12.2. The fraction of sp³-hybridized carbons (Fsp3) is 0.600. The smallest absolute Gasteiger partial charge is 0.161 e. The molecule has 1 aromatic rings. The van der Waals surface area contributed by atoms with Crippen LogP contribution in [0.5, 0.6) is 11.5 Å². The molecule has 0 fully saturated rings. The van der Waals surface area contributed by atoms with Crippen LogP contribution in [-0.4, -0.2) is 20.3 Å². The highest BCUT2D eigenvalue weighted by Gasteiger charge is 2.05. The Bertz CT molecular complexity index is 352. The molecule has 1 N–H and O–H groups in total. The molecule has 102 valence electrons. The van der Waals surface area contributed by atoms with Gasteiger partial charge in [-0.15, -0.1) is 0 Å². The lowest BCUT2D eigenvalue weighted by Gasteiger charge is -2.13. The summed E-state index contributed by atoms with van der Waals surface area (Å²) in [5.74, 6) is 2.33. The zero-order valence-corrected chi connectivity index (χ0v) is 12.0. The van der Waals surface area contributed by atoms with Crippen LogP contribution in [0.4, 0.5) is 0 Å². The molecule has 0 aliphatic heterocycles. The van der Waals surface area contributed by atoms with Gasteiger partial charge in [-0.25, -0.2) is 0 Å². The number of nitrogens with one attached hydrogen (secondary N) is 1. The summed E-state index contributed by atoms with van der Waals surface area (Å²) < 4.78 is 10.8. The standard InChI is InChI=1S/C15H25NO2/c1-5-12(3)10-16-11-13-7-8-14(18-6-2)15(9-13)17-4/h7-9,12,16H,5-6,10-11H2,1-4H3. The Kier molecular flexibility index (Phi) is 6.58. The lowest BCUT2D eigenvalue weighted by molar-refractivity contribution is 0.310. The minimum Gasteiger partial charge on any atom is -0.493 e. The summed E-state index contributed by atoms with van der Waals surface area (Å²) in [6, 6.07) is 6.09. The van der Waals surface area contributed by atoms with Crippen LogP contribution in [0.25, 0.3) is 0 Å². The van der Waals surface area contributed by atoms with Crippen LogP contribution in [0.1, 0.15) is 32.8 Å². The summed E-state index contributed by atoms with van der Waals surface area (Å²) in [6.07, 6.45) is 1.21. The lowest BCUT2D eigenvalue weighted by Crippen LogP contribution is -2.20. The van der Waals surface area contributed by atoms with Crippen LogP contribution >= 0.6 is 0 Å². The monoisotopic (exact) mass is 251 g/mol. The number of rotatable bonds is 8. The van der Waals surface area contributed by atoms with E-state index in [4.69, 9.17) is 9.47 Å². The Labute approximate surface area is 110 Å². The van der Waals surface area contributed by atoms with Crippen molar-refractivity contribution in [3.8, 4) is 11.5 Å². The van der Waals surface area contributed by atoms with Crippen molar-refractivity contribution >= 4 is 0 Å². The third kappa shape index (κ3) is 4.57. The topological polar surface area (TPSA) is 30.5 Å². The van der Waals surface area contributed by atoms with E-state index in [1.54, 1.807) is 7.11 Å². The van der Waals surface area contributed by atoms with Gasteiger partial charge in [0.25, 0.3) is 0 Å². The van der Waals surface area contributed by atoms with Crippen molar-refractivity contribution < 1.29 is 9.47 Å². The Morgan fingerprint density at radius 3 is 2.61 bits per heavy atom. The average molecular weight is 251 g/mol. The molecule has 0 saturated heterocycles. The highest BCUT2D eigenvalue weighted by Crippen LogP contribution is 2.27. The first kappa shape index (κ1) is 14.8. The van der Waals surface area contributed by atoms with E-state index in [0.29, 0.717) is 6.61 Å². The molecule has 0 aliphatic rings. The first-order valence-corrected chi connectivity index (χ1v) is 6.71. The molecule has 3 heteroatoms. The van der Waals surface area contributed by atoms with Gasteiger partial charge in [0.05, 0.1) is 13.7 Å². The molecule has 0 saturated carbocycles. The maximum atomic E-state index is 5.50. The predicted molar refractivity (Wildman–Crippen MR) is 75.3 cm³/mol. The Morgan fingerprint density at radius 2 is 2.00 bits per heavy atom. The van der Waals surface area contributed by atoms with Gasteiger partial charge in [-0.3, -0.25) is 0 Å². The molecular weight excluding hydrogens is 226 g/mol. The number of benzene rings is 1. The Morgan fingerprint density at radius 1 is 1.22 bits per heavy atom. The summed E-state index contributed by atoms with van der Waals surface area (Å²) in [5.41, 5.74) is 1.22. The fourth-order valence-electron chi connectivity index (χ4n) is 1.70. The minimum absolute atomic E-state index is 0.655. The first-order valence-electron chi connectivity index (χ1n) is 6.71. The summed E-state index contributed by atoms with van der Waals surface area (Å²) in [5, 5.41) is 3.46. The minimum atomic E-state index is 0.655. The molecule has 0 amide bonds. The van der Waals surface area contributed by atoms with E-state index in [9.17, 15) is 0 Å². The molecule has 0 radical (unpaired) electrons. The Hall–Kier alpha value is -1.22. The summed E-state index contributed by atoms with van der Waals surface area (Å²) >= 11 is 0. The zero-order valence-electron chi connectivity index (χ0n) is 12.0. The number of hydrogen-bond acceptors (Lipinski definition) is 3. The molecule has 0 spiro atoms. The summed E-state index contributed by atoms with van der Waals surface area (Å²) in [7, 11) is 1.67. The van der Waals surface area contributed by atoms with Gasteiger partial charge in [-0.2, -0.15) is 0 Å². The quantitative estimate of drug-likeness (QED) is 0.769. The van der Waals surface area contributed by atoms with Crippen LogP contribution in [-0.2, 0) is 6.54 Å². The van der Waals surface area contributed by atoms with Gasteiger partial charge in [0.15, 0.2) is 11.5 Å². The van der Waals surface area contributed by atoms with Gasteiger partial charge < -0.3 is 14.8 Å². The van der Waals surface area contributed by atoms with E-state index in [1.807, 2.05) is 19.1 Å². The van der Waals surface area contributed by atoms with Crippen molar-refractivity contribution in [2.75, 3.05) is 20.3 Å². The van der Waals surface area contributed by atoms with Crippen LogP contribution in [0.15, 0.2) is 18.2 Å². The summed E-state index contributed by atoms with van der Waals surface area (Å²) in [6.45, 7) is 9.01. The second kappa shape index (κ2) is 7.98. The molecule has 0 bridgehead atoms. The van der Waals surface area contributed by atoms with E-state index >= 15 is 0 Å². The SMILES string of the molecule is CCOc1ccc(CNCC(C)CC)cc1OC. The van der Waals surface area contributed by atoms with Gasteiger partial charge in [0.2, 0.25) is 0 Å². The van der Waals surface area contributed by atoms with E-state index in [2.05, 4.69) is 25.2 Å². The second-order valence-electron chi connectivity index (χ2n) is 4.56. The molecule has 18 heavy (non-hydrogen) atoms. The Balaban J connectivity index is 2.56. The maximum absolute atomic E-state index is 5.50. The van der Waals surface area contributed by atoms with E-state index in [0.717, 1.165) is 30.5 Å². The molecule has 0 aromatic heterocycles. The average Bonchev–Trinajstić information content (AvgIpc) is 2.40. The van der Waals surface area contributed by atoms with Crippen molar-refractivity contribution in [2.45, 2.75) is 33.7 Å². The molecule has 1 aromatic carbocycles. The van der Waals surface area contributed by atoms with Gasteiger partial charge in [-0.1, -0.05) is 26.3 Å². The second-order valence-corrected chi connectivity index (χ2v) is 4.56. The maximum Gasteiger partial charge on any atom is 0.161 e. The number of ether oxygens (including phenoxy) is 2. The largest absolute Gasteiger partial charge is 0.493 e. The third-order valence-corrected chi connectivity index (χ3v) is 3.05. The summed E-state index contributed by atoms with van der Waals surface area (Å²) in [4.78, 5) is 0. The van der Waals surface area contributed by atoms with Gasteiger partial charge in [-0.05, 0) is 37.1 Å². The molecule has 1 rings (SSSR count). The van der Waals surface area contributed by atoms with Gasteiger partial charge in [0, 0.05) is 6.54 Å². The molecule has 1 atom stereocenters. The van der Waals surface area contributed by atoms with Crippen molar-refractivity contribution in [3.63, 3.8) is 0 Å². The van der Waals surface area contributed by atoms with Crippen LogP contribution in [0.2, 0.25) is 0 Å². The highest BCUT2D eigenvalue weighted by molar-refractivity contribution is 5.42. The first-order chi connectivity index (χ1) is 8.71. The fourth-order valence-corrected chi connectivity index (χ4v) is 1.70. The molecule has 0 aliphatic carbocycles. The van der Waals surface area contributed by atoms with Crippen molar-refractivity contribution in [1.29, 1.82) is 0 Å². The molecule has 3 nitrogen and oxygen atoms in total. The number of methoxy groups -OCH3 is 1. The van der Waals surface area contributed by atoms with E-state index in [1.165, 1.54) is 12.0 Å². The van der Waals surface area contributed by atoms with Gasteiger partial charge in [0.1, 0.15) is 0 Å². The van der Waals surface area contributed by atoms with Crippen molar-refractivity contribution in [3.05, 3.63) is 23.8 Å². The van der Waals surface area contributed by atoms with Crippen LogP contribution in [0, 0.1) is 5.92 Å². The lowest BCUT2D eigenvalue weighted by atomic mass is 10.1. The third-order valence-electron chi connectivity index (χ3n) is 3.05. The van der Waals surface area contributed by atoms with Crippen LogP contribution in [0.3, 0.4) is 0 Å². The van der Waals surface area contributed by atoms with Crippen molar-refractivity contribution in [2.24, 2.45) is 5.92 Å². The van der Waals surface area contributed by atoms with E-state index in [-0.39, 0.29) is 0 Å². The van der Waals surface area contributed by atoms with Gasteiger partial charge >= 0.3 is 0 Å².